The largest absolute Gasteiger partial charge is 0.382 e. The maximum absolute atomic E-state index is 13.2. The Hall–Kier alpha value is -1.05. The van der Waals surface area contributed by atoms with E-state index in [-0.39, 0.29) is 5.82 Å². The van der Waals surface area contributed by atoms with Crippen LogP contribution in [0, 0.1) is 19.7 Å². The summed E-state index contributed by atoms with van der Waals surface area (Å²) in [5, 5.41) is 3.36. The van der Waals surface area contributed by atoms with Crippen LogP contribution in [0.4, 0.5) is 10.1 Å². The van der Waals surface area contributed by atoms with Crippen LogP contribution < -0.4 is 5.32 Å². The Balaban J connectivity index is 2.92. The predicted octanol–water partition coefficient (Wildman–Crippen LogP) is 3.65. The van der Waals surface area contributed by atoms with Gasteiger partial charge in [0.05, 0.1) is 0 Å². The first-order valence-corrected chi connectivity index (χ1v) is 5.08. The van der Waals surface area contributed by atoms with E-state index >= 15 is 0 Å². The topological polar surface area (TPSA) is 12.0 Å². The minimum absolute atomic E-state index is 0.128. The highest BCUT2D eigenvalue weighted by Crippen LogP contribution is 2.20. The summed E-state index contributed by atoms with van der Waals surface area (Å²) in [6.07, 6.45) is 1.07. The zero-order valence-electron chi connectivity index (χ0n) is 9.32. The summed E-state index contributed by atoms with van der Waals surface area (Å²) >= 11 is 0. The minimum atomic E-state index is -0.128. The van der Waals surface area contributed by atoms with Gasteiger partial charge in [0.2, 0.25) is 0 Å². The smallest absolute Gasteiger partial charge is 0.126 e. The van der Waals surface area contributed by atoms with Gasteiger partial charge in [-0.2, -0.15) is 0 Å². The van der Waals surface area contributed by atoms with E-state index < -0.39 is 0 Å². The Morgan fingerprint density at radius 3 is 2.50 bits per heavy atom. The van der Waals surface area contributed by atoms with Crippen LogP contribution in [0.15, 0.2) is 12.1 Å². The second kappa shape index (κ2) is 4.45. The molecule has 1 rings (SSSR count). The molecule has 0 aliphatic rings. The zero-order valence-corrected chi connectivity index (χ0v) is 9.32. The summed E-state index contributed by atoms with van der Waals surface area (Å²) in [7, 11) is 0. The van der Waals surface area contributed by atoms with E-state index in [1.54, 1.807) is 13.0 Å². The van der Waals surface area contributed by atoms with Gasteiger partial charge < -0.3 is 5.32 Å². The SMILES string of the molecule is CCC(C)Nc1cc(C)c(F)cc1C. The van der Waals surface area contributed by atoms with Crippen LogP contribution in [0.5, 0.6) is 0 Å². The lowest BCUT2D eigenvalue weighted by Crippen LogP contribution is -2.14. The molecule has 0 saturated carbocycles. The molecule has 0 aliphatic heterocycles. The van der Waals surface area contributed by atoms with Crippen molar-refractivity contribution < 1.29 is 4.39 Å². The van der Waals surface area contributed by atoms with Gasteiger partial charge in [-0.25, -0.2) is 4.39 Å². The van der Waals surface area contributed by atoms with Gasteiger partial charge in [0, 0.05) is 11.7 Å². The summed E-state index contributed by atoms with van der Waals surface area (Å²) in [4.78, 5) is 0. The molecule has 0 amide bonds. The maximum Gasteiger partial charge on any atom is 0.126 e. The lowest BCUT2D eigenvalue weighted by atomic mass is 10.1. The molecule has 1 nitrogen and oxygen atoms in total. The van der Waals surface area contributed by atoms with E-state index in [0.29, 0.717) is 11.6 Å². The fourth-order valence-electron chi connectivity index (χ4n) is 1.30. The standard InChI is InChI=1S/C12H18FN/c1-5-10(4)14-12-7-8(2)11(13)6-9(12)3/h6-7,10,14H,5H2,1-4H3. The molecule has 0 aliphatic carbocycles. The van der Waals surface area contributed by atoms with Crippen molar-refractivity contribution in [1.82, 2.24) is 0 Å². The molecule has 0 radical (unpaired) electrons. The minimum Gasteiger partial charge on any atom is -0.382 e. The van der Waals surface area contributed by atoms with Crippen LogP contribution in [0.3, 0.4) is 0 Å². The molecule has 0 fully saturated rings. The van der Waals surface area contributed by atoms with E-state index in [0.717, 1.165) is 17.7 Å². The first kappa shape index (κ1) is 11.0. The Morgan fingerprint density at radius 1 is 1.29 bits per heavy atom. The molecular weight excluding hydrogens is 177 g/mol. The first-order valence-electron chi connectivity index (χ1n) is 5.08. The molecule has 2 heteroatoms. The molecule has 78 valence electrons. The van der Waals surface area contributed by atoms with Crippen molar-refractivity contribution in [1.29, 1.82) is 0 Å². The van der Waals surface area contributed by atoms with Gasteiger partial charge in [-0.05, 0) is 50.5 Å². The second-order valence-electron chi connectivity index (χ2n) is 3.87. The average molecular weight is 195 g/mol. The van der Waals surface area contributed by atoms with Crippen LogP contribution >= 0.6 is 0 Å². The maximum atomic E-state index is 13.2. The second-order valence-corrected chi connectivity index (χ2v) is 3.87. The van der Waals surface area contributed by atoms with E-state index in [1.165, 1.54) is 0 Å². The molecular formula is C12H18FN. The number of aryl methyl sites for hydroxylation is 2. The van der Waals surface area contributed by atoms with E-state index in [2.05, 4.69) is 19.2 Å². The van der Waals surface area contributed by atoms with Gasteiger partial charge in [0.1, 0.15) is 5.82 Å². The normalized spacial score (nSPS) is 12.6. The number of nitrogens with one attached hydrogen (secondary N) is 1. The first-order chi connectivity index (χ1) is 6.54. The van der Waals surface area contributed by atoms with Crippen LogP contribution in [-0.4, -0.2) is 6.04 Å². The molecule has 1 aromatic rings. The Morgan fingerprint density at radius 2 is 1.93 bits per heavy atom. The molecule has 0 saturated heterocycles. The lowest BCUT2D eigenvalue weighted by Gasteiger charge is -2.16. The molecule has 0 heterocycles. The fourth-order valence-corrected chi connectivity index (χ4v) is 1.30. The van der Waals surface area contributed by atoms with Crippen molar-refractivity contribution in [2.24, 2.45) is 0 Å². The van der Waals surface area contributed by atoms with E-state index in [4.69, 9.17) is 0 Å². The van der Waals surface area contributed by atoms with Gasteiger partial charge in [-0.1, -0.05) is 6.92 Å². The third-order valence-corrected chi connectivity index (χ3v) is 2.52. The molecule has 14 heavy (non-hydrogen) atoms. The van der Waals surface area contributed by atoms with Gasteiger partial charge >= 0.3 is 0 Å². The molecule has 0 aromatic heterocycles. The molecule has 1 unspecified atom stereocenters. The summed E-state index contributed by atoms with van der Waals surface area (Å²) in [6.45, 7) is 7.96. The Bertz CT molecular complexity index is 320. The number of hydrogen-bond acceptors (Lipinski definition) is 1. The van der Waals surface area contributed by atoms with E-state index in [9.17, 15) is 4.39 Å². The van der Waals surface area contributed by atoms with Crippen LogP contribution in [0.1, 0.15) is 31.4 Å². The summed E-state index contributed by atoms with van der Waals surface area (Å²) in [6, 6.07) is 3.88. The van der Waals surface area contributed by atoms with Crippen molar-refractivity contribution >= 4 is 5.69 Å². The number of benzene rings is 1. The number of halogens is 1. The third kappa shape index (κ3) is 2.47. The number of rotatable bonds is 3. The summed E-state index contributed by atoms with van der Waals surface area (Å²) in [5.74, 6) is -0.128. The Labute approximate surface area is 85.3 Å². The highest BCUT2D eigenvalue weighted by molar-refractivity contribution is 5.53. The summed E-state index contributed by atoms with van der Waals surface area (Å²) < 4.78 is 13.2. The molecule has 1 atom stereocenters. The summed E-state index contributed by atoms with van der Waals surface area (Å²) in [5.41, 5.74) is 2.70. The Kier molecular flexibility index (Phi) is 3.50. The highest BCUT2D eigenvalue weighted by Gasteiger charge is 2.05. The third-order valence-electron chi connectivity index (χ3n) is 2.52. The van der Waals surface area contributed by atoms with Crippen molar-refractivity contribution in [2.45, 2.75) is 40.2 Å². The monoisotopic (exact) mass is 195 g/mol. The fraction of sp³-hybridized carbons (Fsp3) is 0.500. The molecule has 1 aromatic carbocycles. The predicted molar refractivity (Wildman–Crippen MR) is 59.2 cm³/mol. The molecule has 1 N–H and O–H groups in total. The van der Waals surface area contributed by atoms with Crippen LogP contribution in [0.2, 0.25) is 0 Å². The van der Waals surface area contributed by atoms with Crippen molar-refractivity contribution in [3.63, 3.8) is 0 Å². The highest BCUT2D eigenvalue weighted by atomic mass is 19.1. The zero-order chi connectivity index (χ0) is 10.7. The van der Waals surface area contributed by atoms with Crippen molar-refractivity contribution in [3.8, 4) is 0 Å². The average Bonchev–Trinajstić information content (AvgIpc) is 2.14. The number of anilines is 1. The molecule has 0 bridgehead atoms. The van der Waals surface area contributed by atoms with E-state index in [1.807, 2.05) is 13.0 Å². The van der Waals surface area contributed by atoms with Crippen molar-refractivity contribution in [2.75, 3.05) is 5.32 Å². The van der Waals surface area contributed by atoms with Crippen molar-refractivity contribution in [3.05, 3.63) is 29.1 Å². The lowest BCUT2D eigenvalue weighted by molar-refractivity contribution is 0.617. The van der Waals surface area contributed by atoms with Gasteiger partial charge in [0.15, 0.2) is 0 Å². The van der Waals surface area contributed by atoms with Gasteiger partial charge in [-0.3, -0.25) is 0 Å². The van der Waals surface area contributed by atoms with Crippen LogP contribution in [-0.2, 0) is 0 Å². The van der Waals surface area contributed by atoms with Crippen LogP contribution in [0.25, 0.3) is 0 Å². The van der Waals surface area contributed by atoms with Gasteiger partial charge in [-0.15, -0.1) is 0 Å². The van der Waals surface area contributed by atoms with Gasteiger partial charge in [0.25, 0.3) is 0 Å². The number of hydrogen-bond donors (Lipinski definition) is 1. The molecule has 0 spiro atoms. The quantitative estimate of drug-likeness (QED) is 0.776.